The Kier molecular flexibility index (Phi) is 6.95. The number of nitrogens with zero attached hydrogens (tertiary/aromatic N) is 2. The molecule has 1 aliphatic heterocycles. The van der Waals surface area contributed by atoms with Gasteiger partial charge in [-0.2, -0.15) is 0 Å². The second kappa shape index (κ2) is 9.40. The van der Waals surface area contributed by atoms with Crippen LogP contribution in [-0.4, -0.2) is 48.5 Å². The van der Waals surface area contributed by atoms with Gasteiger partial charge in [0.15, 0.2) is 0 Å². The number of ether oxygens (including phenoxy) is 1. The maximum Gasteiger partial charge on any atom is 0.225 e. The standard InChI is InChI=1S/C22H34N2O2/c1-18(2)17-26-21-11-7-6-10-20(21)16-23-12-14-24(15-13-23)22(25)19-8-4-3-5-9-19/h6-7,10-11,18-19H,3-5,8-9,12-17H2,1-2H3. The van der Waals surface area contributed by atoms with Crippen LogP contribution in [0.4, 0.5) is 0 Å². The quantitative estimate of drug-likeness (QED) is 0.772. The van der Waals surface area contributed by atoms with Crippen LogP contribution in [0.1, 0.15) is 51.5 Å². The van der Waals surface area contributed by atoms with Crippen molar-refractivity contribution in [3.63, 3.8) is 0 Å². The van der Waals surface area contributed by atoms with E-state index >= 15 is 0 Å². The SMILES string of the molecule is CC(C)COc1ccccc1CN1CCN(C(=O)C2CCCCC2)CC1. The van der Waals surface area contributed by atoms with Gasteiger partial charge in [0.1, 0.15) is 5.75 Å². The number of carbonyl (C=O) groups excluding carboxylic acids is 1. The zero-order valence-electron chi connectivity index (χ0n) is 16.5. The van der Waals surface area contributed by atoms with Gasteiger partial charge >= 0.3 is 0 Å². The number of amides is 1. The third-order valence-electron chi connectivity index (χ3n) is 5.58. The topological polar surface area (TPSA) is 32.8 Å². The van der Waals surface area contributed by atoms with E-state index in [2.05, 4.69) is 41.8 Å². The molecule has 1 heterocycles. The van der Waals surface area contributed by atoms with Gasteiger partial charge in [0.25, 0.3) is 0 Å². The van der Waals surface area contributed by atoms with Crippen molar-refractivity contribution in [1.82, 2.24) is 9.80 Å². The van der Waals surface area contributed by atoms with Crippen LogP contribution in [0.3, 0.4) is 0 Å². The molecule has 0 N–H and O–H groups in total. The van der Waals surface area contributed by atoms with Gasteiger partial charge < -0.3 is 9.64 Å². The monoisotopic (exact) mass is 358 g/mol. The number of benzene rings is 1. The predicted octanol–water partition coefficient (Wildman–Crippen LogP) is 3.95. The average Bonchev–Trinajstić information content (AvgIpc) is 2.68. The fourth-order valence-corrected chi connectivity index (χ4v) is 4.01. The summed E-state index contributed by atoms with van der Waals surface area (Å²) in [6.07, 6.45) is 5.95. The first-order valence-electron chi connectivity index (χ1n) is 10.4. The fourth-order valence-electron chi connectivity index (χ4n) is 4.01. The molecule has 26 heavy (non-hydrogen) atoms. The minimum absolute atomic E-state index is 0.292. The van der Waals surface area contributed by atoms with E-state index in [-0.39, 0.29) is 0 Å². The van der Waals surface area contributed by atoms with Gasteiger partial charge in [-0.05, 0) is 24.8 Å². The zero-order chi connectivity index (χ0) is 18.4. The second-order valence-electron chi connectivity index (χ2n) is 8.25. The summed E-state index contributed by atoms with van der Waals surface area (Å²) in [6.45, 7) is 9.64. The third-order valence-corrected chi connectivity index (χ3v) is 5.58. The maximum atomic E-state index is 12.7. The molecule has 144 valence electrons. The minimum atomic E-state index is 0.292. The van der Waals surface area contributed by atoms with Crippen LogP contribution in [0, 0.1) is 11.8 Å². The van der Waals surface area contributed by atoms with E-state index in [1.165, 1.54) is 24.8 Å². The molecule has 0 radical (unpaired) electrons. The summed E-state index contributed by atoms with van der Waals surface area (Å²) in [6, 6.07) is 8.36. The summed E-state index contributed by atoms with van der Waals surface area (Å²) < 4.78 is 5.99. The fraction of sp³-hybridized carbons (Fsp3) is 0.682. The molecule has 1 aromatic rings. The molecule has 0 spiro atoms. The number of rotatable bonds is 6. The predicted molar refractivity (Wildman–Crippen MR) is 105 cm³/mol. The van der Waals surface area contributed by atoms with E-state index in [1.807, 2.05) is 6.07 Å². The van der Waals surface area contributed by atoms with Crippen molar-refractivity contribution in [2.75, 3.05) is 32.8 Å². The van der Waals surface area contributed by atoms with Crippen molar-refractivity contribution in [1.29, 1.82) is 0 Å². The minimum Gasteiger partial charge on any atom is -0.493 e. The second-order valence-corrected chi connectivity index (χ2v) is 8.25. The summed E-state index contributed by atoms with van der Waals surface area (Å²) in [4.78, 5) is 17.3. The Hall–Kier alpha value is -1.55. The van der Waals surface area contributed by atoms with Gasteiger partial charge in [-0.25, -0.2) is 0 Å². The Labute approximate surface area is 158 Å². The molecule has 1 saturated heterocycles. The van der Waals surface area contributed by atoms with E-state index in [0.717, 1.165) is 57.9 Å². The van der Waals surface area contributed by atoms with Gasteiger partial charge in [-0.3, -0.25) is 9.69 Å². The summed E-state index contributed by atoms with van der Waals surface area (Å²) in [7, 11) is 0. The number of piperazine rings is 1. The van der Waals surface area contributed by atoms with Crippen LogP contribution in [0.25, 0.3) is 0 Å². The molecular formula is C22H34N2O2. The molecule has 0 bridgehead atoms. The van der Waals surface area contributed by atoms with Crippen molar-refractivity contribution < 1.29 is 9.53 Å². The van der Waals surface area contributed by atoms with Gasteiger partial charge in [0, 0.05) is 44.2 Å². The summed E-state index contributed by atoms with van der Waals surface area (Å²) in [5, 5.41) is 0. The van der Waals surface area contributed by atoms with Crippen molar-refractivity contribution in [3.05, 3.63) is 29.8 Å². The number of carbonyl (C=O) groups is 1. The molecule has 4 nitrogen and oxygen atoms in total. The van der Waals surface area contributed by atoms with Crippen LogP contribution in [0.2, 0.25) is 0 Å². The van der Waals surface area contributed by atoms with E-state index in [4.69, 9.17) is 4.74 Å². The Morgan fingerprint density at radius 2 is 1.77 bits per heavy atom. The Morgan fingerprint density at radius 1 is 1.08 bits per heavy atom. The molecule has 1 aromatic carbocycles. The Balaban J connectivity index is 1.50. The lowest BCUT2D eigenvalue weighted by Crippen LogP contribution is -2.50. The molecule has 1 saturated carbocycles. The molecule has 1 amide bonds. The van der Waals surface area contributed by atoms with Gasteiger partial charge in [-0.1, -0.05) is 51.3 Å². The number of hydrogen-bond donors (Lipinski definition) is 0. The first-order valence-corrected chi connectivity index (χ1v) is 10.4. The average molecular weight is 359 g/mol. The third kappa shape index (κ3) is 5.23. The molecule has 4 heteroatoms. The van der Waals surface area contributed by atoms with Gasteiger partial charge in [0.2, 0.25) is 5.91 Å². The van der Waals surface area contributed by atoms with Crippen molar-refractivity contribution in [2.45, 2.75) is 52.5 Å². The van der Waals surface area contributed by atoms with Crippen molar-refractivity contribution in [3.8, 4) is 5.75 Å². The van der Waals surface area contributed by atoms with Crippen molar-refractivity contribution in [2.24, 2.45) is 11.8 Å². The van der Waals surface area contributed by atoms with Crippen LogP contribution in [0.15, 0.2) is 24.3 Å². The molecule has 1 aliphatic carbocycles. The Bertz CT molecular complexity index is 573. The lowest BCUT2D eigenvalue weighted by atomic mass is 9.88. The molecule has 0 atom stereocenters. The highest BCUT2D eigenvalue weighted by molar-refractivity contribution is 5.79. The smallest absolute Gasteiger partial charge is 0.225 e. The van der Waals surface area contributed by atoms with Crippen LogP contribution in [-0.2, 0) is 11.3 Å². The largest absolute Gasteiger partial charge is 0.493 e. The van der Waals surface area contributed by atoms with E-state index < -0.39 is 0 Å². The van der Waals surface area contributed by atoms with E-state index in [1.54, 1.807) is 0 Å². The van der Waals surface area contributed by atoms with E-state index in [0.29, 0.717) is 17.7 Å². The van der Waals surface area contributed by atoms with Crippen LogP contribution < -0.4 is 4.74 Å². The highest BCUT2D eigenvalue weighted by Gasteiger charge is 2.28. The van der Waals surface area contributed by atoms with Crippen LogP contribution in [0.5, 0.6) is 5.75 Å². The molecule has 0 aromatic heterocycles. The maximum absolute atomic E-state index is 12.7. The molecule has 3 rings (SSSR count). The molecule has 0 unspecified atom stereocenters. The first-order chi connectivity index (χ1) is 12.6. The molecule has 2 aliphatic rings. The van der Waals surface area contributed by atoms with Gasteiger partial charge in [0.05, 0.1) is 6.61 Å². The van der Waals surface area contributed by atoms with Crippen LogP contribution >= 0.6 is 0 Å². The van der Waals surface area contributed by atoms with Crippen molar-refractivity contribution >= 4 is 5.91 Å². The normalized spacial score (nSPS) is 19.7. The lowest BCUT2D eigenvalue weighted by Gasteiger charge is -2.37. The molecule has 2 fully saturated rings. The highest BCUT2D eigenvalue weighted by Crippen LogP contribution is 2.26. The summed E-state index contributed by atoms with van der Waals surface area (Å²) >= 11 is 0. The number of para-hydroxylation sites is 1. The first kappa shape index (κ1) is 19.2. The molecular weight excluding hydrogens is 324 g/mol. The Morgan fingerprint density at radius 3 is 2.46 bits per heavy atom. The summed E-state index contributed by atoms with van der Waals surface area (Å²) in [5.41, 5.74) is 1.25. The number of hydrogen-bond acceptors (Lipinski definition) is 3. The van der Waals surface area contributed by atoms with Gasteiger partial charge in [-0.15, -0.1) is 0 Å². The zero-order valence-corrected chi connectivity index (χ0v) is 16.5. The highest BCUT2D eigenvalue weighted by atomic mass is 16.5. The summed E-state index contributed by atoms with van der Waals surface area (Å²) in [5.74, 6) is 2.23. The lowest BCUT2D eigenvalue weighted by molar-refractivity contribution is -0.138. The van der Waals surface area contributed by atoms with E-state index in [9.17, 15) is 4.79 Å².